The number of hydrazone groups is 1. The molecule has 0 saturated heterocycles. The average Bonchev–Trinajstić information content (AvgIpc) is 2.63. The number of hydrogen-bond acceptors (Lipinski definition) is 4. The van der Waals surface area contributed by atoms with Crippen molar-refractivity contribution in [1.82, 2.24) is 15.2 Å². The number of rotatable bonds is 3. The topological polar surface area (TPSA) is 76.3 Å². The van der Waals surface area contributed by atoms with E-state index in [2.05, 4.69) is 15.6 Å². The second-order valence-electron chi connectivity index (χ2n) is 5.44. The zero-order valence-corrected chi connectivity index (χ0v) is 14.4. The van der Waals surface area contributed by atoms with Crippen LogP contribution in [0, 0.1) is 0 Å². The molecule has 2 aromatic carbocycles. The van der Waals surface area contributed by atoms with Gasteiger partial charge in [0.1, 0.15) is 0 Å². The van der Waals surface area contributed by atoms with Gasteiger partial charge in [0.2, 0.25) is 0 Å². The summed E-state index contributed by atoms with van der Waals surface area (Å²) in [5, 5.41) is 9.61. The van der Waals surface area contributed by atoms with Gasteiger partial charge < -0.3 is 0 Å². The Morgan fingerprint density at radius 1 is 1.12 bits per heavy atom. The number of halogens is 1. The number of amides is 1. The van der Waals surface area contributed by atoms with Gasteiger partial charge in [0.15, 0.2) is 5.69 Å². The maximum Gasteiger partial charge on any atom is 0.292 e. The summed E-state index contributed by atoms with van der Waals surface area (Å²) in [4.78, 5) is 24.6. The predicted octanol–water partition coefficient (Wildman–Crippen LogP) is 2.74. The molecule has 0 spiro atoms. The molecule has 1 heterocycles. The van der Waals surface area contributed by atoms with Crippen LogP contribution in [0.25, 0.3) is 10.8 Å². The summed E-state index contributed by atoms with van der Waals surface area (Å²) >= 11 is 6.12. The fourth-order valence-electron chi connectivity index (χ4n) is 2.47. The van der Waals surface area contributed by atoms with Gasteiger partial charge in [-0.2, -0.15) is 10.2 Å². The van der Waals surface area contributed by atoms with E-state index in [4.69, 9.17) is 11.6 Å². The Bertz CT molecular complexity index is 1060. The van der Waals surface area contributed by atoms with Gasteiger partial charge in [-0.15, -0.1) is 0 Å². The van der Waals surface area contributed by atoms with E-state index in [-0.39, 0.29) is 11.3 Å². The number of benzene rings is 2. The highest BCUT2D eigenvalue weighted by molar-refractivity contribution is 6.34. The average molecular weight is 355 g/mol. The van der Waals surface area contributed by atoms with E-state index in [9.17, 15) is 9.59 Å². The van der Waals surface area contributed by atoms with E-state index in [1.807, 2.05) is 18.2 Å². The lowest BCUT2D eigenvalue weighted by Crippen LogP contribution is -2.27. The van der Waals surface area contributed by atoms with Crippen LogP contribution in [-0.2, 0) is 7.05 Å². The molecule has 1 N–H and O–H groups in total. The zero-order chi connectivity index (χ0) is 18.0. The molecule has 1 amide bonds. The number of fused-ring (bicyclic) bond motifs is 1. The molecule has 1 aromatic heterocycles. The molecular weight excluding hydrogens is 340 g/mol. The molecule has 0 bridgehead atoms. The molecule has 126 valence electrons. The van der Waals surface area contributed by atoms with Crippen LogP contribution in [0.15, 0.2) is 58.4 Å². The fourth-order valence-corrected chi connectivity index (χ4v) is 2.74. The number of nitrogens with one attached hydrogen (secondary N) is 1. The molecule has 25 heavy (non-hydrogen) atoms. The molecule has 0 saturated carbocycles. The normalized spacial score (nSPS) is 11.6. The highest BCUT2D eigenvalue weighted by Gasteiger charge is 2.15. The SMILES string of the molecule is C/C(=N\NC(=O)c1nn(C)c(=O)c2ccccc12)c1ccccc1Cl. The van der Waals surface area contributed by atoms with Crippen molar-refractivity contribution >= 4 is 34.0 Å². The molecule has 0 unspecified atom stereocenters. The molecule has 0 aliphatic rings. The highest BCUT2D eigenvalue weighted by atomic mass is 35.5. The van der Waals surface area contributed by atoms with Gasteiger partial charge in [-0.25, -0.2) is 10.1 Å². The Morgan fingerprint density at radius 2 is 1.76 bits per heavy atom. The molecule has 0 radical (unpaired) electrons. The summed E-state index contributed by atoms with van der Waals surface area (Å²) in [6.07, 6.45) is 0. The van der Waals surface area contributed by atoms with Crippen LogP contribution in [0.1, 0.15) is 23.0 Å². The third-order valence-electron chi connectivity index (χ3n) is 3.76. The van der Waals surface area contributed by atoms with Crippen molar-refractivity contribution in [2.24, 2.45) is 12.1 Å². The van der Waals surface area contributed by atoms with E-state index >= 15 is 0 Å². The van der Waals surface area contributed by atoms with Crippen LogP contribution < -0.4 is 11.0 Å². The Hall–Kier alpha value is -2.99. The quantitative estimate of drug-likeness (QED) is 0.580. The molecular formula is C18H15ClN4O2. The predicted molar refractivity (Wildman–Crippen MR) is 98.1 cm³/mol. The van der Waals surface area contributed by atoms with Crippen LogP contribution >= 0.6 is 11.6 Å². The van der Waals surface area contributed by atoms with Crippen molar-refractivity contribution in [2.45, 2.75) is 6.92 Å². The van der Waals surface area contributed by atoms with Crippen LogP contribution in [0.3, 0.4) is 0 Å². The molecule has 0 aliphatic heterocycles. The Kier molecular flexibility index (Phi) is 4.63. The van der Waals surface area contributed by atoms with Crippen LogP contribution in [-0.4, -0.2) is 21.4 Å². The van der Waals surface area contributed by atoms with Gasteiger partial charge in [0.25, 0.3) is 11.5 Å². The molecule has 6 nitrogen and oxygen atoms in total. The summed E-state index contributed by atoms with van der Waals surface area (Å²) in [6.45, 7) is 1.74. The van der Waals surface area contributed by atoms with Crippen molar-refractivity contribution in [3.05, 3.63) is 75.2 Å². The lowest BCUT2D eigenvalue weighted by atomic mass is 10.1. The first-order chi connectivity index (χ1) is 12.0. The summed E-state index contributed by atoms with van der Waals surface area (Å²) in [5.41, 5.74) is 3.64. The lowest BCUT2D eigenvalue weighted by Gasteiger charge is -2.08. The van der Waals surface area contributed by atoms with E-state index in [0.29, 0.717) is 21.5 Å². The van der Waals surface area contributed by atoms with Crippen molar-refractivity contribution in [3.63, 3.8) is 0 Å². The number of hydrogen-bond donors (Lipinski definition) is 1. The Morgan fingerprint density at radius 3 is 2.48 bits per heavy atom. The number of aryl methyl sites for hydroxylation is 1. The standard InChI is InChI=1S/C18H15ClN4O2/c1-11(12-7-5-6-10-15(12)19)20-21-17(24)16-13-8-3-4-9-14(13)18(25)23(2)22-16/h3-10H,1-2H3,(H,21,24)/b20-11+. The summed E-state index contributed by atoms with van der Waals surface area (Å²) in [6, 6.07) is 14.1. The molecule has 0 aliphatic carbocycles. The van der Waals surface area contributed by atoms with Crippen molar-refractivity contribution in [1.29, 1.82) is 0 Å². The molecule has 7 heteroatoms. The first kappa shape index (κ1) is 16.9. The molecule has 3 aromatic rings. The maximum atomic E-state index is 12.5. The second kappa shape index (κ2) is 6.86. The van der Waals surface area contributed by atoms with Crippen molar-refractivity contribution in [2.75, 3.05) is 0 Å². The van der Waals surface area contributed by atoms with Gasteiger partial charge in [-0.3, -0.25) is 9.59 Å². The van der Waals surface area contributed by atoms with Crippen LogP contribution in [0.2, 0.25) is 5.02 Å². The van der Waals surface area contributed by atoms with E-state index in [1.54, 1.807) is 37.3 Å². The number of carbonyl (C=O) groups is 1. The first-order valence-electron chi connectivity index (χ1n) is 7.54. The van der Waals surface area contributed by atoms with Crippen molar-refractivity contribution < 1.29 is 4.79 Å². The number of carbonyl (C=O) groups excluding carboxylic acids is 1. The summed E-state index contributed by atoms with van der Waals surface area (Å²) in [7, 11) is 1.50. The van der Waals surface area contributed by atoms with E-state index < -0.39 is 5.91 Å². The highest BCUT2D eigenvalue weighted by Crippen LogP contribution is 2.16. The third-order valence-corrected chi connectivity index (χ3v) is 4.09. The van der Waals surface area contributed by atoms with Crippen molar-refractivity contribution in [3.8, 4) is 0 Å². The minimum Gasteiger partial charge on any atom is -0.267 e. The summed E-state index contributed by atoms with van der Waals surface area (Å²) in [5.74, 6) is -0.502. The van der Waals surface area contributed by atoms with Gasteiger partial charge in [0.05, 0.1) is 11.1 Å². The smallest absolute Gasteiger partial charge is 0.267 e. The zero-order valence-electron chi connectivity index (χ0n) is 13.7. The number of aromatic nitrogens is 2. The van der Waals surface area contributed by atoms with Crippen LogP contribution in [0.5, 0.6) is 0 Å². The summed E-state index contributed by atoms with van der Waals surface area (Å²) < 4.78 is 1.14. The fraction of sp³-hybridized carbons (Fsp3) is 0.111. The maximum absolute atomic E-state index is 12.5. The van der Waals surface area contributed by atoms with Gasteiger partial charge in [-0.05, 0) is 19.1 Å². The monoisotopic (exact) mass is 354 g/mol. The Balaban J connectivity index is 1.96. The largest absolute Gasteiger partial charge is 0.292 e. The lowest BCUT2D eigenvalue weighted by molar-refractivity contribution is 0.0949. The van der Waals surface area contributed by atoms with Gasteiger partial charge in [-0.1, -0.05) is 48.0 Å². The van der Waals surface area contributed by atoms with E-state index in [0.717, 1.165) is 10.2 Å². The Labute approximate surface area is 148 Å². The first-order valence-corrected chi connectivity index (χ1v) is 7.92. The molecule has 0 atom stereocenters. The second-order valence-corrected chi connectivity index (χ2v) is 5.85. The van der Waals surface area contributed by atoms with Gasteiger partial charge in [0, 0.05) is 23.0 Å². The van der Waals surface area contributed by atoms with Gasteiger partial charge >= 0.3 is 0 Å². The minimum absolute atomic E-state index is 0.133. The van der Waals surface area contributed by atoms with E-state index in [1.165, 1.54) is 7.05 Å². The van der Waals surface area contributed by atoms with Crippen LogP contribution in [0.4, 0.5) is 0 Å². The number of nitrogens with zero attached hydrogens (tertiary/aromatic N) is 3. The third kappa shape index (κ3) is 3.29. The molecule has 3 rings (SSSR count). The molecule has 0 fully saturated rings. The minimum atomic E-state index is -0.502.